The van der Waals surface area contributed by atoms with Crippen LogP contribution in [0.4, 0.5) is 5.69 Å². The summed E-state index contributed by atoms with van der Waals surface area (Å²) in [6.07, 6.45) is 0.263. The van der Waals surface area contributed by atoms with Crippen LogP contribution in [0.1, 0.15) is 6.42 Å². The molecule has 0 aliphatic carbocycles. The van der Waals surface area contributed by atoms with E-state index in [2.05, 4.69) is 22.3 Å². The van der Waals surface area contributed by atoms with Gasteiger partial charge in [0.15, 0.2) is 6.61 Å². The second kappa shape index (κ2) is 10.4. The number of amides is 2. The Hall–Kier alpha value is -2.44. The summed E-state index contributed by atoms with van der Waals surface area (Å²) in [6.45, 7) is 3.06. The molecule has 2 aromatic carbocycles. The molecule has 154 valence electrons. The molecular formula is C21H23Cl2N3O3. The van der Waals surface area contributed by atoms with E-state index in [1.165, 1.54) is 5.69 Å². The number of benzene rings is 2. The van der Waals surface area contributed by atoms with Crippen molar-refractivity contribution in [1.29, 1.82) is 0 Å². The van der Waals surface area contributed by atoms with Crippen LogP contribution in [-0.2, 0) is 9.59 Å². The van der Waals surface area contributed by atoms with Crippen molar-refractivity contribution in [1.82, 2.24) is 10.2 Å². The molecule has 1 heterocycles. The van der Waals surface area contributed by atoms with E-state index >= 15 is 0 Å². The molecule has 1 saturated heterocycles. The van der Waals surface area contributed by atoms with Gasteiger partial charge in [-0.3, -0.25) is 9.59 Å². The maximum absolute atomic E-state index is 12.4. The van der Waals surface area contributed by atoms with Crippen molar-refractivity contribution in [2.45, 2.75) is 6.42 Å². The Kier molecular flexibility index (Phi) is 7.61. The van der Waals surface area contributed by atoms with Crippen LogP contribution >= 0.6 is 23.2 Å². The van der Waals surface area contributed by atoms with Crippen molar-refractivity contribution in [2.24, 2.45) is 0 Å². The first-order valence-corrected chi connectivity index (χ1v) is 10.2. The van der Waals surface area contributed by atoms with Crippen LogP contribution in [0.15, 0.2) is 48.5 Å². The highest BCUT2D eigenvalue weighted by Crippen LogP contribution is 2.27. The highest BCUT2D eigenvalue weighted by molar-refractivity contribution is 6.35. The second-order valence-electron chi connectivity index (χ2n) is 6.67. The lowest BCUT2D eigenvalue weighted by Gasteiger charge is -2.36. The van der Waals surface area contributed by atoms with Crippen molar-refractivity contribution in [3.63, 3.8) is 0 Å². The number of carbonyl (C=O) groups is 2. The largest absolute Gasteiger partial charge is 0.482 e. The van der Waals surface area contributed by atoms with Gasteiger partial charge < -0.3 is 19.9 Å². The van der Waals surface area contributed by atoms with Gasteiger partial charge in [0.1, 0.15) is 5.75 Å². The van der Waals surface area contributed by atoms with Crippen molar-refractivity contribution >= 4 is 40.7 Å². The first-order chi connectivity index (χ1) is 14.0. The number of anilines is 1. The van der Waals surface area contributed by atoms with Gasteiger partial charge in [0, 0.05) is 49.9 Å². The van der Waals surface area contributed by atoms with Crippen LogP contribution in [0.2, 0.25) is 10.0 Å². The van der Waals surface area contributed by atoms with Gasteiger partial charge in [0.2, 0.25) is 5.91 Å². The predicted molar refractivity (Wildman–Crippen MR) is 115 cm³/mol. The molecule has 1 aliphatic heterocycles. The molecule has 1 aliphatic rings. The summed E-state index contributed by atoms with van der Waals surface area (Å²) >= 11 is 11.8. The zero-order valence-electron chi connectivity index (χ0n) is 15.9. The third-order valence-corrected chi connectivity index (χ3v) is 5.20. The molecule has 1 N–H and O–H groups in total. The number of rotatable bonds is 7. The van der Waals surface area contributed by atoms with Crippen molar-refractivity contribution in [2.75, 3.05) is 44.2 Å². The first kappa shape index (κ1) is 21.3. The molecule has 0 atom stereocenters. The lowest BCUT2D eigenvalue weighted by molar-refractivity contribution is -0.131. The number of nitrogens with zero attached hydrogens (tertiary/aromatic N) is 2. The highest BCUT2D eigenvalue weighted by atomic mass is 35.5. The fraction of sp³-hybridized carbons (Fsp3) is 0.333. The molecule has 29 heavy (non-hydrogen) atoms. The first-order valence-electron chi connectivity index (χ1n) is 9.45. The molecule has 2 aromatic rings. The van der Waals surface area contributed by atoms with Gasteiger partial charge in [-0.05, 0) is 30.3 Å². The average molecular weight is 436 g/mol. The summed E-state index contributed by atoms with van der Waals surface area (Å²) in [5.74, 6) is 0.121. The zero-order valence-corrected chi connectivity index (χ0v) is 17.5. The van der Waals surface area contributed by atoms with Gasteiger partial charge in [-0.2, -0.15) is 0 Å². The molecule has 6 nitrogen and oxygen atoms in total. The minimum absolute atomic E-state index is 0.0414. The van der Waals surface area contributed by atoms with Crippen molar-refractivity contribution in [3.05, 3.63) is 58.6 Å². The third-order valence-electron chi connectivity index (χ3n) is 4.67. The smallest absolute Gasteiger partial charge is 0.257 e. The lowest BCUT2D eigenvalue weighted by atomic mass is 10.2. The molecular weight excluding hydrogens is 413 g/mol. The summed E-state index contributed by atoms with van der Waals surface area (Å²) in [5, 5.41) is 3.54. The molecule has 2 amide bonds. The Labute approximate surface area is 180 Å². The Morgan fingerprint density at radius 1 is 1.00 bits per heavy atom. The minimum Gasteiger partial charge on any atom is -0.482 e. The Bertz CT molecular complexity index is 840. The van der Waals surface area contributed by atoms with Crippen LogP contribution in [0.3, 0.4) is 0 Å². The van der Waals surface area contributed by atoms with Crippen molar-refractivity contribution in [3.8, 4) is 5.75 Å². The molecule has 8 heteroatoms. The number of carbonyl (C=O) groups excluding carboxylic acids is 2. The van der Waals surface area contributed by atoms with Crippen LogP contribution in [-0.4, -0.2) is 56.0 Å². The standard InChI is InChI=1S/C21H23Cl2N3O3/c22-16-6-7-19(18(23)14-16)29-15-20(27)24-9-8-21(28)26-12-10-25(11-13-26)17-4-2-1-3-5-17/h1-7,14H,8-13,15H2,(H,24,27). The topological polar surface area (TPSA) is 61.9 Å². The molecule has 1 fully saturated rings. The van der Waals surface area contributed by atoms with E-state index in [1.807, 2.05) is 23.1 Å². The predicted octanol–water partition coefficient (Wildman–Crippen LogP) is 3.23. The van der Waals surface area contributed by atoms with E-state index in [9.17, 15) is 9.59 Å². The van der Waals surface area contributed by atoms with Gasteiger partial charge in [0.25, 0.3) is 5.91 Å². The van der Waals surface area contributed by atoms with Gasteiger partial charge >= 0.3 is 0 Å². The lowest BCUT2D eigenvalue weighted by Crippen LogP contribution is -2.49. The van der Waals surface area contributed by atoms with E-state index in [4.69, 9.17) is 27.9 Å². The van der Waals surface area contributed by atoms with E-state index in [0.717, 1.165) is 13.1 Å². The maximum atomic E-state index is 12.4. The van der Waals surface area contributed by atoms with Gasteiger partial charge in [-0.1, -0.05) is 41.4 Å². The number of piperazine rings is 1. The third kappa shape index (κ3) is 6.27. The second-order valence-corrected chi connectivity index (χ2v) is 7.51. The maximum Gasteiger partial charge on any atom is 0.257 e. The number of halogens is 2. The number of ether oxygens (including phenoxy) is 1. The highest BCUT2D eigenvalue weighted by Gasteiger charge is 2.21. The summed E-state index contributed by atoms with van der Waals surface area (Å²) in [7, 11) is 0. The number of para-hydroxylation sites is 1. The number of nitrogens with one attached hydrogen (secondary N) is 1. The summed E-state index contributed by atoms with van der Waals surface area (Å²) < 4.78 is 5.38. The van der Waals surface area contributed by atoms with E-state index in [-0.39, 0.29) is 31.4 Å². The Morgan fingerprint density at radius 2 is 1.72 bits per heavy atom. The quantitative estimate of drug-likeness (QED) is 0.724. The van der Waals surface area contributed by atoms with Gasteiger partial charge in [-0.15, -0.1) is 0 Å². The SMILES string of the molecule is O=C(COc1ccc(Cl)cc1Cl)NCCC(=O)N1CCN(c2ccccc2)CC1. The minimum atomic E-state index is -0.308. The molecule has 0 radical (unpaired) electrons. The average Bonchev–Trinajstić information content (AvgIpc) is 2.74. The zero-order chi connectivity index (χ0) is 20.6. The summed E-state index contributed by atoms with van der Waals surface area (Å²) in [4.78, 5) is 28.4. The van der Waals surface area contributed by atoms with E-state index in [0.29, 0.717) is 28.9 Å². The molecule has 0 bridgehead atoms. The van der Waals surface area contributed by atoms with Gasteiger partial charge in [-0.25, -0.2) is 0 Å². The molecule has 0 spiro atoms. The number of hydrogen-bond acceptors (Lipinski definition) is 4. The fourth-order valence-corrected chi connectivity index (χ4v) is 3.57. The summed E-state index contributed by atoms with van der Waals surface area (Å²) in [6, 6.07) is 15.0. The van der Waals surface area contributed by atoms with E-state index < -0.39 is 0 Å². The van der Waals surface area contributed by atoms with Crippen LogP contribution < -0.4 is 15.0 Å². The molecule has 3 rings (SSSR count). The Balaban J connectivity index is 1.34. The number of hydrogen-bond donors (Lipinski definition) is 1. The molecule has 0 unspecified atom stereocenters. The van der Waals surface area contributed by atoms with Crippen LogP contribution in [0.5, 0.6) is 5.75 Å². The van der Waals surface area contributed by atoms with Gasteiger partial charge in [0.05, 0.1) is 5.02 Å². The monoisotopic (exact) mass is 435 g/mol. The molecule has 0 aromatic heterocycles. The van der Waals surface area contributed by atoms with E-state index in [1.54, 1.807) is 18.2 Å². The van der Waals surface area contributed by atoms with Crippen LogP contribution in [0, 0.1) is 0 Å². The molecule has 0 saturated carbocycles. The van der Waals surface area contributed by atoms with Crippen molar-refractivity contribution < 1.29 is 14.3 Å². The fourth-order valence-electron chi connectivity index (χ4n) is 3.11. The summed E-state index contributed by atoms with van der Waals surface area (Å²) in [5.41, 5.74) is 1.17. The Morgan fingerprint density at radius 3 is 2.41 bits per heavy atom. The van der Waals surface area contributed by atoms with Crippen LogP contribution in [0.25, 0.3) is 0 Å². The normalized spacial score (nSPS) is 13.9.